The number of hydrogen-bond donors (Lipinski definition) is 8. The molecule has 0 aromatic rings. The summed E-state index contributed by atoms with van der Waals surface area (Å²) >= 11 is 0. The van der Waals surface area contributed by atoms with Crippen LogP contribution in [0.25, 0.3) is 0 Å². The van der Waals surface area contributed by atoms with Crippen molar-refractivity contribution in [2.75, 3.05) is 13.2 Å². The predicted molar refractivity (Wildman–Crippen MR) is 167 cm³/mol. The SMILES string of the molecule is C[C@@H]1O[C@@H](O[C@H]2CC[C@@]3(C)[C@H](CC[C@@H]4[C@@H]3[C@H](O)C[C@]3(C)[C@@H](C5=CC(=O)OC5)CC[C@]43O)C2)[C@H](O)[C@H](O)[C@H]1O[C@H]1O[C@H](CO)[C@@H](O)[C@H](O)[C@H]1O. The molecule has 3 aliphatic heterocycles. The summed E-state index contributed by atoms with van der Waals surface area (Å²) in [4.78, 5) is 11.9. The van der Waals surface area contributed by atoms with Crippen molar-refractivity contribution < 1.29 is 69.3 Å². The topological polar surface area (TPSA) is 225 Å². The highest BCUT2D eigenvalue weighted by molar-refractivity contribution is 5.85. The third-order valence-corrected chi connectivity index (χ3v) is 14.1. The van der Waals surface area contributed by atoms with Crippen molar-refractivity contribution in [3.8, 4) is 0 Å². The Hall–Kier alpha value is -1.27. The van der Waals surface area contributed by atoms with E-state index in [0.29, 0.717) is 25.7 Å². The van der Waals surface area contributed by atoms with Crippen LogP contribution < -0.4 is 0 Å². The number of ether oxygens (including phenoxy) is 5. The molecule has 14 nitrogen and oxygen atoms in total. The van der Waals surface area contributed by atoms with Crippen LogP contribution >= 0.6 is 0 Å². The van der Waals surface area contributed by atoms with E-state index in [-0.39, 0.29) is 47.8 Å². The van der Waals surface area contributed by atoms with Crippen molar-refractivity contribution in [2.24, 2.45) is 34.5 Å². The number of aliphatic hydroxyl groups is 8. The van der Waals surface area contributed by atoms with Gasteiger partial charge in [-0.15, -0.1) is 0 Å². The number of hydrogen-bond acceptors (Lipinski definition) is 14. The number of esters is 1. The molecule has 7 rings (SSSR count). The van der Waals surface area contributed by atoms with Crippen LogP contribution in [0.15, 0.2) is 11.6 Å². The lowest BCUT2D eigenvalue weighted by atomic mass is 9.42. The standard InChI is InChI=1S/C35H54O14/c1-15-30(49-32-28(42)26(40)25(39)22(13-36)48-32)27(41)29(43)31(46-15)47-18-6-8-33(2)17(11-18)4-5-20-24(33)21(37)12-34(3)19(7-9-35(20,34)44)16-10-23(38)45-14-16/h10,15,17-22,24-32,36-37,39-44H,4-9,11-14H2,1-3H3/t15-,17+,18-,19+,20+,21+,22+,24+,25+,26-,27-,28+,29+,30-,31-,32+,33-,34+,35-/m0/s1. The molecular weight excluding hydrogens is 644 g/mol. The Morgan fingerprint density at radius 2 is 1.59 bits per heavy atom. The average Bonchev–Trinajstić information content (AvgIpc) is 3.60. The van der Waals surface area contributed by atoms with Gasteiger partial charge in [-0.25, -0.2) is 4.79 Å². The van der Waals surface area contributed by atoms with Gasteiger partial charge in [-0.1, -0.05) is 13.8 Å². The van der Waals surface area contributed by atoms with Crippen LogP contribution in [0.4, 0.5) is 0 Å². The van der Waals surface area contributed by atoms with Gasteiger partial charge in [0.2, 0.25) is 0 Å². The molecule has 2 saturated heterocycles. The number of carbonyl (C=O) groups excluding carboxylic acids is 1. The largest absolute Gasteiger partial charge is 0.458 e. The first kappa shape index (κ1) is 36.1. The first-order valence-electron chi connectivity index (χ1n) is 18.0. The van der Waals surface area contributed by atoms with Gasteiger partial charge in [-0.2, -0.15) is 0 Å². The van der Waals surface area contributed by atoms with Crippen LogP contribution in [0.1, 0.15) is 72.1 Å². The minimum absolute atomic E-state index is 0.0175. The molecule has 0 spiro atoms. The second kappa shape index (κ2) is 13.0. The van der Waals surface area contributed by atoms with E-state index < -0.39 is 85.1 Å². The summed E-state index contributed by atoms with van der Waals surface area (Å²) in [5.74, 6) is -0.342. The maximum absolute atomic E-state index is 12.5. The average molecular weight is 699 g/mol. The number of carbonyl (C=O) groups is 1. The predicted octanol–water partition coefficient (Wildman–Crippen LogP) is -0.749. The molecule has 19 atom stereocenters. The Morgan fingerprint density at radius 3 is 2.29 bits per heavy atom. The van der Waals surface area contributed by atoms with E-state index in [2.05, 4.69) is 13.8 Å². The maximum Gasteiger partial charge on any atom is 0.331 e. The zero-order valence-electron chi connectivity index (χ0n) is 28.4. The van der Waals surface area contributed by atoms with Gasteiger partial charge >= 0.3 is 5.97 Å². The maximum atomic E-state index is 12.5. The van der Waals surface area contributed by atoms with Gasteiger partial charge in [0.1, 0.15) is 49.3 Å². The zero-order valence-corrected chi connectivity index (χ0v) is 28.4. The first-order chi connectivity index (χ1) is 23.1. The van der Waals surface area contributed by atoms with Crippen molar-refractivity contribution in [3.63, 3.8) is 0 Å². The summed E-state index contributed by atoms with van der Waals surface area (Å²) in [6.07, 6.45) is -7.62. The summed E-state index contributed by atoms with van der Waals surface area (Å²) in [5, 5.41) is 86.6. The van der Waals surface area contributed by atoms with Gasteiger partial charge in [-0.3, -0.25) is 0 Å². The number of aliphatic hydroxyl groups excluding tert-OH is 7. The summed E-state index contributed by atoms with van der Waals surface area (Å²) in [6, 6.07) is 0. The zero-order chi connectivity index (χ0) is 35.2. The molecule has 4 aliphatic carbocycles. The van der Waals surface area contributed by atoms with E-state index in [9.17, 15) is 45.6 Å². The van der Waals surface area contributed by atoms with Crippen LogP contribution in [0.3, 0.4) is 0 Å². The van der Waals surface area contributed by atoms with Crippen LogP contribution in [0, 0.1) is 34.5 Å². The molecule has 0 amide bonds. The van der Waals surface area contributed by atoms with Crippen LogP contribution in [0.5, 0.6) is 0 Å². The van der Waals surface area contributed by atoms with Crippen molar-refractivity contribution in [2.45, 2.75) is 151 Å². The molecule has 4 saturated carbocycles. The monoisotopic (exact) mass is 698 g/mol. The minimum Gasteiger partial charge on any atom is -0.458 e. The van der Waals surface area contributed by atoms with E-state index in [1.807, 2.05) is 0 Å². The van der Waals surface area contributed by atoms with E-state index in [4.69, 9.17) is 23.7 Å². The molecule has 0 aromatic heterocycles. The van der Waals surface area contributed by atoms with Crippen molar-refractivity contribution in [1.82, 2.24) is 0 Å². The minimum atomic E-state index is -1.67. The summed E-state index contributed by atoms with van der Waals surface area (Å²) in [7, 11) is 0. The second-order valence-electron chi connectivity index (χ2n) is 16.5. The van der Waals surface area contributed by atoms with E-state index in [1.54, 1.807) is 13.0 Å². The third-order valence-electron chi connectivity index (χ3n) is 14.1. The molecule has 8 N–H and O–H groups in total. The van der Waals surface area contributed by atoms with Crippen molar-refractivity contribution >= 4 is 5.97 Å². The highest BCUT2D eigenvalue weighted by Gasteiger charge is 2.70. The second-order valence-corrected chi connectivity index (χ2v) is 16.5. The fourth-order valence-corrected chi connectivity index (χ4v) is 11.4. The van der Waals surface area contributed by atoms with E-state index >= 15 is 0 Å². The molecule has 14 heteroatoms. The van der Waals surface area contributed by atoms with Crippen LogP contribution in [-0.4, -0.2) is 139 Å². The van der Waals surface area contributed by atoms with Gasteiger partial charge in [0.15, 0.2) is 12.6 Å². The number of fused-ring (bicyclic) bond motifs is 5. The highest BCUT2D eigenvalue weighted by atomic mass is 16.7. The molecular formula is C35H54O14. The van der Waals surface area contributed by atoms with E-state index in [0.717, 1.165) is 31.3 Å². The number of rotatable bonds is 6. The Balaban J connectivity index is 0.995. The van der Waals surface area contributed by atoms with Gasteiger partial charge in [0.05, 0.1) is 30.5 Å². The Bertz CT molecular complexity index is 1280. The Morgan fingerprint density at radius 1 is 0.878 bits per heavy atom. The molecule has 0 bridgehead atoms. The van der Waals surface area contributed by atoms with Crippen LogP contribution in [-0.2, 0) is 28.5 Å². The lowest BCUT2D eigenvalue weighted by Crippen LogP contribution is -2.66. The lowest BCUT2D eigenvalue weighted by molar-refractivity contribution is -0.360. The molecule has 7 aliphatic rings. The normalized spacial score (nSPS) is 56.0. The van der Waals surface area contributed by atoms with Crippen LogP contribution in [0.2, 0.25) is 0 Å². The van der Waals surface area contributed by atoms with E-state index in [1.165, 1.54) is 0 Å². The number of cyclic esters (lactones) is 1. The van der Waals surface area contributed by atoms with Gasteiger partial charge < -0.3 is 64.5 Å². The fraction of sp³-hybridized carbons (Fsp3) is 0.914. The Kier molecular flexibility index (Phi) is 9.57. The molecule has 0 unspecified atom stereocenters. The summed E-state index contributed by atoms with van der Waals surface area (Å²) in [6.45, 7) is 5.54. The first-order valence-corrected chi connectivity index (χ1v) is 18.0. The third kappa shape index (κ3) is 5.64. The highest BCUT2D eigenvalue weighted by Crippen LogP contribution is 2.70. The fourth-order valence-electron chi connectivity index (χ4n) is 11.4. The molecule has 278 valence electrons. The summed E-state index contributed by atoms with van der Waals surface area (Å²) in [5.41, 5.74) is -0.847. The molecule has 6 fully saturated rings. The van der Waals surface area contributed by atoms with Crippen molar-refractivity contribution in [1.29, 1.82) is 0 Å². The Labute approximate surface area is 285 Å². The molecule has 3 heterocycles. The molecule has 0 aromatic carbocycles. The summed E-state index contributed by atoms with van der Waals surface area (Å²) < 4.78 is 28.7. The molecule has 49 heavy (non-hydrogen) atoms. The van der Waals surface area contributed by atoms with Gasteiger partial charge in [0, 0.05) is 11.5 Å². The smallest absolute Gasteiger partial charge is 0.331 e. The quantitative estimate of drug-likeness (QED) is 0.126. The van der Waals surface area contributed by atoms with Gasteiger partial charge in [0.25, 0.3) is 0 Å². The van der Waals surface area contributed by atoms with Crippen molar-refractivity contribution in [3.05, 3.63) is 11.6 Å². The molecule has 0 radical (unpaired) electrons. The lowest BCUT2D eigenvalue weighted by Gasteiger charge is -2.65. The van der Waals surface area contributed by atoms with Gasteiger partial charge in [-0.05, 0) is 93.0 Å².